The quantitative estimate of drug-likeness (QED) is 0.751. The van der Waals surface area contributed by atoms with E-state index in [-0.39, 0.29) is 17.7 Å². The van der Waals surface area contributed by atoms with E-state index in [9.17, 15) is 9.59 Å². The first-order valence-electron chi connectivity index (χ1n) is 6.52. The van der Waals surface area contributed by atoms with Gasteiger partial charge in [-0.25, -0.2) is 0 Å². The number of hydrogen-bond acceptors (Lipinski definition) is 3. The average molecular weight is 298 g/mol. The van der Waals surface area contributed by atoms with Gasteiger partial charge in [0.15, 0.2) is 0 Å². The molecule has 6 heteroatoms. The largest absolute Gasteiger partial charge is 0.352 e. The summed E-state index contributed by atoms with van der Waals surface area (Å²) in [5, 5.41) is 8.86. The zero-order chi connectivity index (χ0) is 15.1. The summed E-state index contributed by atoms with van der Waals surface area (Å²) in [5.74, 6) is -0.603. The van der Waals surface area contributed by atoms with Crippen LogP contribution in [0, 0.1) is 5.92 Å². The van der Waals surface area contributed by atoms with Gasteiger partial charge in [-0.3, -0.25) is 9.59 Å². The highest BCUT2D eigenvalue weighted by atomic mass is 35.5. The summed E-state index contributed by atoms with van der Waals surface area (Å²) < 4.78 is 0. The summed E-state index contributed by atoms with van der Waals surface area (Å²) in [4.78, 5) is 24.0. The molecule has 0 saturated carbocycles. The van der Waals surface area contributed by atoms with Gasteiger partial charge in [0.05, 0.1) is 11.3 Å². The smallest absolute Gasteiger partial charge is 0.253 e. The van der Waals surface area contributed by atoms with Crippen LogP contribution in [0.1, 0.15) is 24.2 Å². The van der Waals surface area contributed by atoms with Crippen molar-refractivity contribution in [1.82, 2.24) is 10.6 Å². The van der Waals surface area contributed by atoms with E-state index in [1.807, 2.05) is 13.8 Å². The molecule has 3 N–H and O–H groups in total. The lowest BCUT2D eigenvalue weighted by molar-refractivity contribution is -0.119. The molecule has 0 aliphatic rings. The Balaban J connectivity index is 2.95. The number of benzene rings is 1. The third kappa shape index (κ3) is 4.51. The summed E-state index contributed by atoms with van der Waals surface area (Å²) in [6.07, 6.45) is 0. The molecule has 0 aliphatic carbocycles. The summed E-state index contributed by atoms with van der Waals surface area (Å²) in [6.45, 7) is 4.72. The summed E-state index contributed by atoms with van der Waals surface area (Å²) >= 11 is 5.93. The zero-order valence-corrected chi connectivity index (χ0v) is 12.7. The van der Waals surface area contributed by atoms with Crippen LogP contribution in [0.2, 0.25) is 5.02 Å². The minimum atomic E-state index is -0.235. The number of hydrogen-bond donors (Lipinski definition) is 3. The van der Waals surface area contributed by atoms with E-state index in [0.29, 0.717) is 29.4 Å². The molecule has 0 aliphatic heterocycles. The van der Waals surface area contributed by atoms with Gasteiger partial charge in [-0.05, 0) is 32.2 Å². The highest BCUT2D eigenvalue weighted by molar-refractivity contribution is 6.31. The van der Waals surface area contributed by atoms with Gasteiger partial charge in [0.1, 0.15) is 0 Å². The molecule has 1 atom stereocenters. The van der Waals surface area contributed by atoms with E-state index in [4.69, 9.17) is 11.6 Å². The molecule has 2 amide bonds. The van der Waals surface area contributed by atoms with Crippen LogP contribution in [0.15, 0.2) is 18.2 Å². The van der Waals surface area contributed by atoms with Crippen LogP contribution in [-0.2, 0) is 4.79 Å². The molecule has 1 unspecified atom stereocenters. The zero-order valence-electron chi connectivity index (χ0n) is 11.9. The number of carbonyl (C=O) groups excluding carboxylic acids is 2. The highest BCUT2D eigenvalue weighted by Crippen LogP contribution is 2.21. The molecule has 0 saturated heterocycles. The normalized spacial score (nSPS) is 11.8. The van der Waals surface area contributed by atoms with Crippen LogP contribution >= 0.6 is 11.6 Å². The number of rotatable bonds is 6. The van der Waals surface area contributed by atoms with Gasteiger partial charge >= 0.3 is 0 Å². The molecule has 0 radical (unpaired) electrons. The maximum atomic E-state index is 12.0. The second kappa shape index (κ2) is 7.87. The third-order valence-electron chi connectivity index (χ3n) is 2.78. The van der Waals surface area contributed by atoms with Gasteiger partial charge in [0.25, 0.3) is 5.91 Å². The van der Waals surface area contributed by atoms with E-state index >= 15 is 0 Å². The second-order valence-corrected chi connectivity index (χ2v) is 4.93. The minimum Gasteiger partial charge on any atom is -0.352 e. The van der Waals surface area contributed by atoms with Crippen molar-refractivity contribution in [1.29, 1.82) is 0 Å². The van der Waals surface area contributed by atoms with E-state index in [0.717, 1.165) is 0 Å². The number of carbonyl (C=O) groups is 2. The van der Waals surface area contributed by atoms with Crippen molar-refractivity contribution in [2.75, 3.05) is 25.5 Å². The van der Waals surface area contributed by atoms with Crippen molar-refractivity contribution < 1.29 is 9.59 Å². The van der Waals surface area contributed by atoms with E-state index < -0.39 is 0 Å². The average Bonchev–Trinajstić information content (AvgIpc) is 2.39. The van der Waals surface area contributed by atoms with Gasteiger partial charge in [0.2, 0.25) is 5.91 Å². The van der Waals surface area contributed by atoms with Crippen molar-refractivity contribution in [3.05, 3.63) is 28.8 Å². The Morgan fingerprint density at radius 2 is 2.05 bits per heavy atom. The number of nitrogens with one attached hydrogen (secondary N) is 3. The predicted molar refractivity (Wildman–Crippen MR) is 81.2 cm³/mol. The van der Waals surface area contributed by atoms with Gasteiger partial charge < -0.3 is 16.0 Å². The molecule has 0 heterocycles. The first kappa shape index (κ1) is 16.5. The van der Waals surface area contributed by atoms with Crippen LogP contribution < -0.4 is 16.0 Å². The molecule has 0 spiro atoms. The monoisotopic (exact) mass is 297 g/mol. The molecule has 0 fully saturated rings. The first-order chi connectivity index (χ1) is 9.49. The molecule has 1 aromatic carbocycles. The van der Waals surface area contributed by atoms with Crippen molar-refractivity contribution in [3.63, 3.8) is 0 Å². The van der Waals surface area contributed by atoms with Crippen molar-refractivity contribution in [3.8, 4) is 0 Å². The van der Waals surface area contributed by atoms with Crippen LogP contribution in [0.3, 0.4) is 0 Å². The Morgan fingerprint density at radius 1 is 1.35 bits per heavy atom. The van der Waals surface area contributed by atoms with Crippen molar-refractivity contribution in [2.45, 2.75) is 13.8 Å². The number of halogens is 1. The molecule has 0 aromatic heterocycles. The Bertz CT molecular complexity index is 491. The molecule has 20 heavy (non-hydrogen) atoms. The highest BCUT2D eigenvalue weighted by Gasteiger charge is 2.17. The van der Waals surface area contributed by atoms with Gasteiger partial charge in [-0.15, -0.1) is 0 Å². The van der Waals surface area contributed by atoms with Crippen LogP contribution in [0.5, 0.6) is 0 Å². The summed E-state index contributed by atoms with van der Waals surface area (Å²) in [7, 11) is 1.78. The van der Waals surface area contributed by atoms with Crippen LogP contribution in [0.4, 0.5) is 5.69 Å². The Hall–Kier alpha value is -1.59. The molecule has 1 aromatic rings. The lowest BCUT2D eigenvalue weighted by Gasteiger charge is -2.14. The van der Waals surface area contributed by atoms with E-state index in [1.165, 1.54) is 0 Å². The van der Waals surface area contributed by atoms with Crippen molar-refractivity contribution >= 4 is 29.1 Å². The van der Waals surface area contributed by atoms with Crippen molar-refractivity contribution in [2.24, 2.45) is 5.92 Å². The fourth-order valence-corrected chi connectivity index (χ4v) is 1.90. The molecule has 5 nitrogen and oxygen atoms in total. The van der Waals surface area contributed by atoms with Gasteiger partial charge in [0, 0.05) is 24.0 Å². The topological polar surface area (TPSA) is 70.2 Å². The van der Waals surface area contributed by atoms with E-state index in [1.54, 1.807) is 25.2 Å². The fraction of sp³-hybridized carbons (Fsp3) is 0.429. The standard InChI is InChI=1S/C14H20ClN3O2/c1-4-17-14(20)11-6-5-10(15)7-12(11)18-13(19)9(2)8-16-3/h5-7,9,16H,4,8H2,1-3H3,(H,17,20)(H,18,19). The molecule has 0 bridgehead atoms. The Labute approximate surface area is 124 Å². The molecule has 110 valence electrons. The van der Waals surface area contributed by atoms with E-state index in [2.05, 4.69) is 16.0 Å². The maximum Gasteiger partial charge on any atom is 0.253 e. The SMILES string of the molecule is CCNC(=O)c1ccc(Cl)cc1NC(=O)C(C)CNC. The Morgan fingerprint density at radius 3 is 2.65 bits per heavy atom. The molecular formula is C14H20ClN3O2. The summed E-state index contributed by atoms with van der Waals surface area (Å²) in [5.41, 5.74) is 0.831. The Kier molecular flexibility index (Phi) is 6.48. The lowest BCUT2D eigenvalue weighted by atomic mass is 10.1. The molecular weight excluding hydrogens is 278 g/mol. The predicted octanol–water partition coefficient (Wildman–Crippen LogP) is 1.88. The summed E-state index contributed by atoms with van der Waals surface area (Å²) in [6, 6.07) is 4.81. The van der Waals surface area contributed by atoms with Crippen LogP contribution in [0.25, 0.3) is 0 Å². The van der Waals surface area contributed by atoms with Crippen LogP contribution in [-0.4, -0.2) is 32.0 Å². The van der Waals surface area contributed by atoms with Gasteiger partial charge in [-0.2, -0.15) is 0 Å². The number of anilines is 1. The third-order valence-corrected chi connectivity index (χ3v) is 3.01. The van der Waals surface area contributed by atoms with Gasteiger partial charge in [-0.1, -0.05) is 18.5 Å². The second-order valence-electron chi connectivity index (χ2n) is 4.50. The maximum absolute atomic E-state index is 12.0. The lowest BCUT2D eigenvalue weighted by Crippen LogP contribution is -2.30. The number of amides is 2. The molecule has 1 rings (SSSR count). The first-order valence-corrected chi connectivity index (χ1v) is 6.90. The fourth-order valence-electron chi connectivity index (χ4n) is 1.73. The minimum absolute atomic E-state index is 0.160.